The number of aromatic nitrogens is 4. The summed E-state index contributed by atoms with van der Waals surface area (Å²) >= 11 is 0. The summed E-state index contributed by atoms with van der Waals surface area (Å²) in [6, 6.07) is 15.0. The van der Waals surface area contributed by atoms with E-state index in [1.165, 1.54) is 28.9 Å². The minimum Gasteiger partial charge on any atom is -0.508 e. The second-order valence-electron chi connectivity index (χ2n) is 5.24. The van der Waals surface area contributed by atoms with E-state index in [1.54, 1.807) is 0 Å². The molecule has 0 fully saturated rings. The summed E-state index contributed by atoms with van der Waals surface area (Å²) in [5, 5.41) is 23.0. The lowest BCUT2D eigenvalue weighted by molar-refractivity contribution is -0.143. The SMILES string of the molecule is O=C(CNC(=O)c1cccc(O)c1)OCc1nnnn1-c1ccccc1. The van der Waals surface area contributed by atoms with Crippen molar-refractivity contribution >= 4 is 11.9 Å². The van der Waals surface area contributed by atoms with Gasteiger partial charge in [-0.1, -0.05) is 24.3 Å². The van der Waals surface area contributed by atoms with Crippen LogP contribution in [-0.4, -0.2) is 43.7 Å². The van der Waals surface area contributed by atoms with Crippen LogP contribution in [0, 0.1) is 0 Å². The Kier molecular flexibility index (Phi) is 5.18. The van der Waals surface area contributed by atoms with Crippen LogP contribution in [0.4, 0.5) is 0 Å². The normalized spacial score (nSPS) is 10.3. The first-order valence-electron chi connectivity index (χ1n) is 7.69. The Hall–Kier alpha value is -3.75. The van der Waals surface area contributed by atoms with Gasteiger partial charge in [-0.2, -0.15) is 4.68 Å². The van der Waals surface area contributed by atoms with Gasteiger partial charge < -0.3 is 15.2 Å². The molecule has 0 radical (unpaired) electrons. The maximum atomic E-state index is 11.9. The predicted molar refractivity (Wildman–Crippen MR) is 89.4 cm³/mol. The quantitative estimate of drug-likeness (QED) is 0.630. The molecule has 9 nitrogen and oxygen atoms in total. The fraction of sp³-hybridized carbons (Fsp3) is 0.118. The van der Waals surface area contributed by atoms with Crippen molar-refractivity contribution in [2.24, 2.45) is 0 Å². The third-order valence-corrected chi connectivity index (χ3v) is 3.40. The number of benzene rings is 2. The van der Waals surface area contributed by atoms with Crippen molar-refractivity contribution in [3.8, 4) is 11.4 Å². The zero-order valence-electron chi connectivity index (χ0n) is 13.6. The molecule has 0 unspecified atom stereocenters. The van der Waals surface area contributed by atoms with E-state index in [0.717, 1.165) is 5.69 Å². The third kappa shape index (κ3) is 4.20. The molecule has 2 N–H and O–H groups in total. The number of amides is 1. The number of hydrogen-bond donors (Lipinski definition) is 2. The van der Waals surface area contributed by atoms with Crippen molar-refractivity contribution in [3.05, 3.63) is 66.0 Å². The summed E-state index contributed by atoms with van der Waals surface area (Å²) in [5.74, 6) is -0.815. The van der Waals surface area contributed by atoms with Crippen LogP contribution in [0.25, 0.3) is 5.69 Å². The van der Waals surface area contributed by atoms with Crippen molar-refractivity contribution in [1.29, 1.82) is 0 Å². The number of carbonyl (C=O) groups is 2. The minimum atomic E-state index is -0.638. The van der Waals surface area contributed by atoms with Crippen LogP contribution in [0.1, 0.15) is 16.2 Å². The lowest BCUT2D eigenvalue weighted by Gasteiger charge is -2.07. The Morgan fingerprint density at radius 1 is 1.12 bits per heavy atom. The summed E-state index contributed by atoms with van der Waals surface area (Å²) in [5.41, 5.74) is 0.978. The van der Waals surface area contributed by atoms with E-state index >= 15 is 0 Å². The molecule has 132 valence electrons. The van der Waals surface area contributed by atoms with Crippen LogP contribution in [0.5, 0.6) is 5.75 Å². The van der Waals surface area contributed by atoms with E-state index in [-0.39, 0.29) is 24.5 Å². The average molecular weight is 353 g/mol. The highest BCUT2D eigenvalue weighted by Gasteiger charge is 2.13. The fourth-order valence-corrected chi connectivity index (χ4v) is 2.16. The van der Waals surface area contributed by atoms with Crippen LogP contribution < -0.4 is 5.32 Å². The number of phenolic OH excluding ortho intramolecular Hbond substituents is 1. The topological polar surface area (TPSA) is 119 Å². The molecule has 26 heavy (non-hydrogen) atoms. The van der Waals surface area contributed by atoms with E-state index in [2.05, 4.69) is 20.8 Å². The van der Waals surface area contributed by atoms with E-state index in [0.29, 0.717) is 5.82 Å². The van der Waals surface area contributed by atoms with E-state index in [9.17, 15) is 14.7 Å². The van der Waals surface area contributed by atoms with Crippen LogP contribution in [-0.2, 0) is 16.1 Å². The van der Waals surface area contributed by atoms with Gasteiger partial charge in [0.2, 0.25) is 0 Å². The van der Waals surface area contributed by atoms with E-state index in [1.807, 2.05) is 30.3 Å². The standard InChI is InChI=1S/C17H15N5O4/c23-14-8-4-5-12(9-14)17(25)18-10-16(24)26-11-15-19-20-21-22(15)13-6-2-1-3-7-13/h1-9,23H,10-11H2,(H,18,25). The highest BCUT2D eigenvalue weighted by Crippen LogP contribution is 2.10. The lowest BCUT2D eigenvalue weighted by Crippen LogP contribution is -2.30. The maximum Gasteiger partial charge on any atom is 0.325 e. The maximum absolute atomic E-state index is 11.9. The molecule has 1 heterocycles. The Morgan fingerprint density at radius 2 is 1.92 bits per heavy atom. The van der Waals surface area contributed by atoms with Crippen LogP contribution in [0.15, 0.2) is 54.6 Å². The second kappa shape index (κ2) is 7.88. The number of para-hydroxylation sites is 1. The van der Waals surface area contributed by atoms with Gasteiger partial charge in [0.1, 0.15) is 12.3 Å². The van der Waals surface area contributed by atoms with Crippen LogP contribution in [0.2, 0.25) is 0 Å². The molecule has 2 aromatic carbocycles. The lowest BCUT2D eigenvalue weighted by atomic mass is 10.2. The number of tetrazole rings is 1. The third-order valence-electron chi connectivity index (χ3n) is 3.40. The molecule has 3 rings (SSSR count). The van der Waals surface area contributed by atoms with Gasteiger partial charge in [0.15, 0.2) is 12.4 Å². The second-order valence-corrected chi connectivity index (χ2v) is 5.24. The molecular formula is C17H15N5O4. The van der Waals surface area contributed by atoms with Gasteiger partial charge in [-0.25, -0.2) is 0 Å². The zero-order valence-corrected chi connectivity index (χ0v) is 13.6. The van der Waals surface area contributed by atoms with Crippen molar-refractivity contribution in [2.75, 3.05) is 6.54 Å². The van der Waals surface area contributed by atoms with Crippen molar-refractivity contribution in [2.45, 2.75) is 6.61 Å². The number of carbonyl (C=O) groups excluding carboxylic acids is 2. The van der Waals surface area contributed by atoms with Gasteiger partial charge in [0, 0.05) is 5.56 Å². The van der Waals surface area contributed by atoms with Crippen molar-refractivity contribution < 1.29 is 19.4 Å². The first-order valence-corrected chi connectivity index (χ1v) is 7.69. The minimum absolute atomic E-state index is 0.0343. The smallest absolute Gasteiger partial charge is 0.325 e. The summed E-state index contributed by atoms with van der Waals surface area (Å²) in [7, 11) is 0. The molecular weight excluding hydrogens is 338 g/mol. The average Bonchev–Trinajstić information content (AvgIpc) is 3.13. The molecule has 0 aliphatic rings. The first kappa shape index (κ1) is 17.1. The summed E-state index contributed by atoms with van der Waals surface area (Å²) in [6.07, 6.45) is 0. The monoisotopic (exact) mass is 353 g/mol. The summed E-state index contributed by atoms with van der Waals surface area (Å²) in [4.78, 5) is 23.7. The Morgan fingerprint density at radius 3 is 2.69 bits per heavy atom. The predicted octanol–water partition coefficient (Wildman–Crippen LogP) is 0.841. The number of nitrogens with zero attached hydrogens (tertiary/aromatic N) is 4. The molecule has 0 bridgehead atoms. The summed E-state index contributed by atoms with van der Waals surface area (Å²) < 4.78 is 6.55. The molecule has 0 atom stereocenters. The molecule has 0 saturated heterocycles. The number of nitrogens with one attached hydrogen (secondary N) is 1. The van der Waals surface area contributed by atoms with Crippen molar-refractivity contribution in [1.82, 2.24) is 25.5 Å². The van der Waals surface area contributed by atoms with E-state index < -0.39 is 11.9 Å². The zero-order chi connectivity index (χ0) is 18.4. The van der Waals surface area contributed by atoms with E-state index in [4.69, 9.17) is 4.74 Å². The van der Waals surface area contributed by atoms with Crippen LogP contribution >= 0.6 is 0 Å². The number of aromatic hydroxyl groups is 1. The molecule has 1 amide bonds. The molecule has 3 aromatic rings. The number of rotatable bonds is 6. The Bertz CT molecular complexity index is 910. The number of esters is 1. The molecule has 0 aliphatic carbocycles. The Balaban J connectivity index is 1.52. The number of hydrogen-bond acceptors (Lipinski definition) is 7. The number of phenols is 1. The molecule has 0 aliphatic heterocycles. The van der Waals surface area contributed by atoms with Gasteiger partial charge in [-0.15, -0.1) is 5.10 Å². The highest BCUT2D eigenvalue weighted by molar-refractivity contribution is 5.96. The highest BCUT2D eigenvalue weighted by atomic mass is 16.5. The van der Waals surface area contributed by atoms with Gasteiger partial charge >= 0.3 is 5.97 Å². The van der Waals surface area contributed by atoms with Crippen molar-refractivity contribution in [3.63, 3.8) is 0 Å². The molecule has 9 heteroatoms. The molecule has 1 aromatic heterocycles. The van der Waals surface area contributed by atoms with Gasteiger partial charge in [0.05, 0.1) is 5.69 Å². The first-order chi connectivity index (χ1) is 12.6. The summed E-state index contributed by atoms with van der Waals surface area (Å²) in [6.45, 7) is -0.454. The fourth-order valence-electron chi connectivity index (χ4n) is 2.16. The molecule has 0 spiro atoms. The van der Waals surface area contributed by atoms with Gasteiger partial charge in [-0.05, 0) is 40.8 Å². The molecule has 0 saturated carbocycles. The van der Waals surface area contributed by atoms with Crippen LogP contribution in [0.3, 0.4) is 0 Å². The largest absolute Gasteiger partial charge is 0.508 e. The number of ether oxygens (including phenoxy) is 1. The van der Waals surface area contributed by atoms with Gasteiger partial charge in [0.25, 0.3) is 5.91 Å². The van der Waals surface area contributed by atoms with Gasteiger partial charge in [-0.3, -0.25) is 9.59 Å². The Labute approximate surface area is 148 Å².